The SMILES string of the molecule is CC1CCCC1C(=O)c1ccc[nH]1. The fourth-order valence-corrected chi connectivity index (χ4v) is 2.22. The minimum Gasteiger partial charge on any atom is -0.359 e. The van der Waals surface area contributed by atoms with Crippen molar-refractivity contribution in [3.63, 3.8) is 0 Å². The number of ketones is 1. The molecule has 2 unspecified atom stereocenters. The lowest BCUT2D eigenvalue weighted by molar-refractivity contribution is 0.0892. The van der Waals surface area contributed by atoms with Gasteiger partial charge in [0.05, 0.1) is 5.69 Å². The number of hydrogen-bond acceptors (Lipinski definition) is 1. The molecule has 1 aliphatic rings. The molecule has 1 saturated carbocycles. The summed E-state index contributed by atoms with van der Waals surface area (Å²) in [4.78, 5) is 14.9. The van der Waals surface area contributed by atoms with Gasteiger partial charge in [-0.05, 0) is 30.9 Å². The van der Waals surface area contributed by atoms with Gasteiger partial charge in [-0.2, -0.15) is 0 Å². The molecule has 70 valence electrons. The molecule has 2 rings (SSSR count). The monoisotopic (exact) mass is 177 g/mol. The van der Waals surface area contributed by atoms with Gasteiger partial charge >= 0.3 is 0 Å². The van der Waals surface area contributed by atoms with E-state index in [0.717, 1.165) is 12.1 Å². The van der Waals surface area contributed by atoms with E-state index in [-0.39, 0.29) is 5.92 Å². The van der Waals surface area contributed by atoms with E-state index in [0.29, 0.717) is 11.7 Å². The first-order valence-corrected chi connectivity index (χ1v) is 4.96. The highest BCUT2D eigenvalue weighted by Crippen LogP contribution is 2.33. The molecule has 0 aliphatic heterocycles. The minimum atomic E-state index is 0.263. The predicted molar refractivity (Wildman–Crippen MR) is 51.6 cm³/mol. The van der Waals surface area contributed by atoms with Crippen LogP contribution in [-0.2, 0) is 0 Å². The van der Waals surface area contributed by atoms with Crippen molar-refractivity contribution in [3.05, 3.63) is 24.0 Å². The summed E-state index contributed by atoms with van der Waals surface area (Å²) in [6.07, 6.45) is 5.29. The molecule has 2 heteroatoms. The number of carbonyl (C=O) groups is 1. The Labute approximate surface area is 78.4 Å². The van der Waals surface area contributed by atoms with Gasteiger partial charge in [0.2, 0.25) is 0 Å². The number of aromatic nitrogens is 1. The molecular weight excluding hydrogens is 162 g/mol. The molecule has 2 nitrogen and oxygen atoms in total. The molecule has 0 bridgehead atoms. The molecule has 0 aromatic carbocycles. The molecule has 1 aliphatic carbocycles. The highest BCUT2D eigenvalue weighted by molar-refractivity contribution is 5.96. The predicted octanol–water partition coefficient (Wildman–Crippen LogP) is 2.63. The second-order valence-corrected chi connectivity index (χ2v) is 3.96. The van der Waals surface area contributed by atoms with Gasteiger partial charge in [0.25, 0.3) is 0 Å². The summed E-state index contributed by atoms with van der Waals surface area (Å²) >= 11 is 0. The molecular formula is C11H15NO. The van der Waals surface area contributed by atoms with Crippen molar-refractivity contribution in [3.8, 4) is 0 Å². The van der Waals surface area contributed by atoms with Gasteiger partial charge < -0.3 is 4.98 Å². The van der Waals surface area contributed by atoms with Gasteiger partial charge in [-0.25, -0.2) is 0 Å². The van der Waals surface area contributed by atoms with E-state index in [4.69, 9.17) is 0 Å². The van der Waals surface area contributed by atoms with Crippen molar-refractivity contribution in [1.29, 1.82) is 0 Å². The number of H-pyrrole nitrogens is 1. The van der Waals surface area contributed by atoms with Gasteiger partial charge in [-0.3, -0.25) is 4.79 Å². The van der Waals surface area contributed by atoms with E-state index < -0.39 is 0 Å². The highest BCUT2D eigenvalue weighted by atomic mass is 16.1. The topological polar surface area (TPSA) is 32.9 Å². The van der Waals surface area contributed by atoms with Crippen LogP contribution in [0.25, 0.3) is 0 Å². The fraction of sp³-hybridized carbons (Fsp3) is 0.545. The zero-order valence-electron chi connectivity index (χ0n) is 7.92. The fourth-order valence-electron chi connectivity index (χ4n) is 2.22. The number of rotatable bonds is 2. The normalized spacial score (nSPS) is 27.8. The van der Waals surface area contributed by atoms with E-state index in [1.54, 1.807) is 0 Å². The first kappa shape index (κ1) is 8.54. The van der Waals surface area contributed by atoms with Gasteiger partial charge in [0.15, 0.2) is 5.78 Å². The maximum absolute atomic E-state index is 11.9. The van der Waals surface area contributed by atoms with Crippen molar-refractivity contribution < 1.29 is 4.79 Å². The molecule has 0 amide bonds. The van der Waals surface area contributed by atoms with E-state index in [1.165, 1.54) is 12.8 Å². The Bertz CT molecular complexity index is 289. The van der Waals surface area contributed by atoms with Gasteiger partial charge in [0, 0.05) is 12.1 Å². The summed E-state index contributed by atoms with van der Waals surface area (Å²) in [6, 6.07) is 3.75. The van der Waals surface area contributed by atoms with Crippen LogP contribution in [0.5, 0.6) is 0 Å². The third-order valence-electron chi connectivity index (χ3n) is 3.06. The summed E-state index contributed by atoms with van der Waals surface area (Å²) in [5, 5.41) is 0. The lowest BCUT2D eigenvalue weighted by Gasteiger charge is -2.12. The first-order chi connectivity index (χ1) is 6.29. The molecule has 0 radical (unpaired) electrons. The molecule has 2 atom stereocenters. The quantitative estimate of drug-likeness (QED) is 0.692. The van der Waals surface area contributed by atoms with Crippen LogP contribution >= 0.6 is 0 Å². The molecule has 0 spiro atoms. The van der Waals surface area contributed by atoms with Crippen molar-refractivity contribution in [2.24, 2.45) is 11.8 Å². The third-order valence-corrected chi connectivity index (χ3v) is 3.06. The van der Waals surface area contributed by atoms with Crippen LogP contribution in [0.3, 0.4) is 0 Å². The molecule has 1 N–H and O–H groups in total. The van der Waals surface area contributed by atoms with E-state index in [2.05, 4.69) is 11.9 Å². The largest absolute Gasteiger partial charge is 0.359 e. The summed E-state index contributed by atoms with van der Waals surface area (Å²) in [5.41, 5.74) is 0.777. The van der Waals surface area contributed by atoms with Crippen LogP contribution in [0.15, 0.2) is 18.3 Å². The van der Waals surface area contributed by atoms with Crippen LogP contribution in [0.2, 0.25) is 0 Å². The maximum Gasteiger partial charge on any atom is 0.182 e. The van der Waals surface area contributed by atoms with Gasteiger partial charge in [-0.15, -0.1) is 0 Å². The van der Waals surface area contributed by atoms with Crippen molar-refractivity contribution in [2.75, 3.05) is 0 Å². The molecule has 1 aromatic heterocycles. The second-order valence-electron chi connectivity index (χ2n) is 3.96. The average molecular weight is 177 g/mol. The molecule has 13 heavy (non-hydrogen) atoms. The Morgan fingerprint density at radius 1 is 1.54 bits per heavy atom. The Kier molecular flexibility index (Phi) is 2.21. The lowest BCUT2D eigenvalue weighted by atomic mass is 9.92. The minimum absolute atomic E-state index is 0.263. The van der Waals surface area contributed by atoms with E-state index >= 15 is 0 Å². The summed E-state index contributed by atoms with van der Waals surface area (Å²) in [7, 11) is 0. The maximum atomic E-state index is 11.9. The molecule has 1 fully saturated rings. The zero-order chi connectivity index (χ0) is 9.26. The lowest BCUT2D eigenvalue weighted by Crippen LogP contribution is -2.17. The van der Waals surface area contributed by atoms with Crippen molar-refractivity contribution >= 4 is 5.78 Å². The number of Topliss-reactive ketones (excluding diaryl/α,β-unsaturated/α-hetero) is 1. The highest BCUT2D eigenvalue weighted by Gasteiger charge is 2.30. The zero-order valence-corrected chi connectivity index (χ0v) is 7.92. The Morgan fingerprint density at radius 2 is 2.38 bits per heavy atom. The van der Waals surface area contributed by atoms with Crippen LogP contribution in [-0.4, -0.2) is 10.8 Å². The molecule has 1 aromatic rings. The Balaban J connectivity index is 2.13. The van der Waals surface area contributed by atoms with Crippen molar-refractivity contribution in [1.82, 2.24) is 4.98 Å². The Hall–Kier alpha value is -1.05. The molecule has 1 heterocycles. The number of nitrogens with one attached hydrogen (secondary N) is 1. The smallest absolute Gasteiger partial charge is 0.182 e. The van der Waals surface area contributed by atoms with Crippen LogP contribution in [0, 0.1) is 11.8 Å². The molecule has 0 saturated heterocycles. The summed E-state index contributed by atoms with van der Waals surface area (Å²) in [5.74, 6) is 1.13. The summed E-state index contributed by atoms with van der Waals surface area (Å²) < 4.78 is 0. The van der Waals surface area contributed by atoms with Gasteiger partial charge in [0.1, 0.15) is 0 Å². The third kappa shape index (κ3) is 1.53. The van der Waals surface area contributed by atoms with Crippen LogP contribution < -0.4 is 0 Å². The van der Waals surface area contributed by atoms with Crippen molar-refractivity contribution in [2.45, 2.75) is 26.2 Å². The Morgan fingerprint density at radius 3 is 2.92 bits per heavy atom. The van der Waals surface area contributed by atoms with Gasteiger partial charge in [-0.1, -0.05) is 13.3 Å². The summed E-state index contributed by atoms with van der Waals surface area (Å²) in [6.45, 7) is 2.18. The van der Waals surface area contributed by atoms with E-state index in [9.17, 15) is 4.79 Å². The number of hydrogen-bond donors (Lipinski definition) is 1. The standard InChI is InChI=1S/C11H15NO/c1-8-4-2-5-9(8)11(13)10-6-3-7-12-10/h3,6-9,12H,2,4-5H2,1H3. The number of aromatic amines is 1. The van der Waals surface area contributed by atoms with E-state index in [1.807, 2.05) is 18.3 Å². The average Bonchev–Trinajstić information content (AvgIpc) is 2.72. The first-order valence-electron chi connectivity index (χ1n) is 4.96. The number of carbonyl (C=O) groups excluding carboxylic acids is 1. The van der Waals surface area contributed by atoms with Crippen LogP contribution in [0.4, 0.5) is 0 Å². The second kappa shape index (κ2) is 3.36. The van der Waals surface area contributed by atoms with Crippen LogP contribution in [0.1, 0.15) is 36.7 Å².